The maximum absolute atomic E-state index is 13.5. The Hall–Kier alpha value is -8.70. The molecular weight excluding hydrogens is 1100 g/mol. The van der Waals surface area contributed by atoms with Gasteiger partial charge < -0.3 is 77.4 Å². The Morgan fingerprint density at radius 2 is 0.886 bits per heavy atom. The largest absolute Gasteiger partial charge is 0.377 e. The van der Waals surface area contributed by atoms with Gasteiger partial charge in [0.1, 0.15) is 0 Å². The number of benzene rings is 4. The van der Waals surface area contributed by atoms with E-state index < -0.39 is 35.6 Å². The number of nitrogens with two attached hydrogens (primary N) is 8. The highest BCUT2D eigenvalue weighted by Gasteiger charge is 2.48. The number of nitrogens with zero attached hydrogens (tertiary/aromatic N) is 2. The molecule has 8 bridgehead atoms. The van der Waals surface area contributed by atoms with Crippen molar-refractivity contribution in [3.05, 3.63) is 196 Å². The van der Waals surface area contributed by atoms with E-state index in [4.69, 9.17) is 55.9 Å². The van der Waals surface area contributed by atoms with Gasteiger partial charge in [-0.05, 0) is 197 Å². The first-order valence-corrected chi connectivity index (χ1v) is 30.6. The summed E-state index contributed by atoms with van der Waals surface area (Å²) < 4.78 is 0. The molecule has 460 valence electrons. The lowest BCUT2D eigenvalue weighted by molar-refractivity contribution is -0.118. The van der Waals surface area contributed by atoms with Crippen molar-refractivity contribution in [3.8, 4) is 0 Å². The van der Waals surface area contributed by atoms with Crippen LogP contribution in [-0.4, -0.2) is 96.4 Å². The summed E-state index contributed by atoms with van der Waals surface area (Å²) in [7, 11) is 0. The van der Waals surface area contributed by atoms with Gasteiger partial charge in [-0.1, -0.05) is 80.3 Å². The van der Waals surface area contributed by atoms with Gasteiger partial charge in [0.2, 0.25) is 23.6 Å². The van der Waals surface area contributed by atoms with Crippen molar-refractivity contribution in [1.82, 2.24) is 10.3 Å². The third-order valence-corrected chi connectivity index (χ3v) is 16.3. The Morgan fingerprint density at radius 3 is 1.32 bits per heavy atom. The summed E-state index contributed by atoms with van der Waals surface area (Å²) in [4.78, 5) is 68.2. The molecule has 0 fully saturated rings. The molecule has 4 aliphatic rings. The molecule has 4 aromatic carbocycles. The van der Waals surface area contributed by atoms with E-state index in [9.17, 15) is 19.2 Å². The van der Waals surface area contributed by atoms with Crippen molar-refractivity contribution < 1.29 is 19.2 Å². The van der Waals surface area contributed by atoms with E-state index in [1.165, 1.54) is 0 Å². The second-order valence-corrected chi connectivity index (χ2v) is 22.7. The number of allylic oxidation sites excluding steroid dienone is 6. The number of rotatable bonds is 28. The minimum absolute atomic E-state index is 0.278. The Kier molecular flexibility index (Phi) is 22.0. The second-order valence-electron chi connectivity index (χ2n) is 22.7. The third kappa shape index (κ3) is 15.3. The summed E-state index contributed by atoms with van der Waals surface area (Å²) in [5.41, 5.74) is 59.2. The summed E-state index contributed by atoms with van der Waals surface area (Å²) >= 11 is 0. The first-order valence-electron chi connectivity index (χ1n) is 30.6. The SMILES string of the molecule is NCCCC[C@H](N)C(=O)Nc1ccc(/C2=C3\C=CC(N3)C(c3ccc(NC(=O)[C@@H](N)CCCCN)cc3)(c3ccc(NC(=O)[C@@H](N)CCCCN)cc3)C3=N/C(=C(/c4ccc(NC(=O)[C@@H](N)CCCCN)cc4)c4ccc([nH]4)/C=C4/C=CC2=N4)C=C3)cc1. The predicted octanol–water partition coefficient (Wildman–Crippen LogP) is 6.66. The lowest BCUT2D eigenvalue weighted by atomic mass is 9.66. The quantitative estimate of drug-likeness (QED) is 0.0233. The average molecular weight is 1190 g/mol. The van der Waals surface area contributed by atoms with Gasteiger partial charge in [0.05, 0.1) is 58.4 Å². The first-order chi connectivity index (χ1) is 42.7. The molecule has 22 N–H and O–H groups in total. The number of aromatic nitrogens is 1. The summed E-state index contributed by atoms with van der Waals surface area (Å²) in [5, 5.41) is 16.0. The normalized spacial score (nSPS) is 19.2. The van der Waals surface area contributed by atoms with Crippen LogP contribution < -0.4 is 72.5 Å². The zero-order valence-electron chi connectivity index (χ0n) is 49.8. The summed E-state index contributed by atoms with van der Waals surface area (Å²) in [5.74, 6) is -1.17. The summed E-state index contributed by atoms with van der Waals surface area (Å²) in [6, 6.07) is 31.3. The van der Waals surface area contributed by atoms with Gasteiger partial charge in [-0.2, -0.15) is 0 Å². The number of hydrogen-bond acceptors (Lipinski definition) is 15. The molecule has 5 atom stereocenters. The zero-order chi connectivity index (χ0) is 62.2. The van der Waals surface area contributed by atoms with E-state index in [1.54, 1.807) is 0 Å². The number of amides is 4. The van der Waals surface area contributed by atoms with Crippen LogP contribution in [0.25, 0.3) is 17.2 Å². The molecule has 1 unspecified atom stereocenters. The van der Waals surface area contributed by atoms with E-state index in [-0.39, 0.29) is 23.6 Å². The fourth-order valence-corrected chi connectivity index (χ4v) is 11.4. The number of H-pyrrole nitrogens is 1. The number of aromatic amines is 1. The van der Waals surface area contributed by atoms with Crippen molar-refractivity contribution >= 4 is 75.0 Å². The van der Waals surface area contributed by atoms with Gasteiger partial charge >= 0.3 is 0 Å². The van der Waals surface area contributed by atoms with Crippen molar-refractivity contribution in [2.75, 3.05) is 47.4 Å². The molecule has 5 heterocycles. The fourth-order valence-electron chi connectivity index (χ4n) is 11.4. The molecule has 20 heteroatoms. The molecule has 20 nitrogen and oxygen atoms in total. The number of hydrogen-bond donors (Lipinski definition) is 14. The lowest BCUT2D eigenvalue weighted by Gasteiger charge is -2.40. The molecule has 1 aromatic heterocycles. The van der Waals surface area contributed by atoms with Crippen LogP contribution >= 0.6 is 0 Å². The molecule has 9 rings (SSSR count). The standard InChI is InChI=1S/C68H84N16O4/c69-37-5-1-9-52(73)64(85)79-46-21-13-42(14-22-46)62-56-31-29-50(77-56)41-51-30-32-57(78-51)63(43-15-23-47(24-16-43)80-65(86)53(74)10-2-6-38-70)59-34-36-61(84-59)68(60-35-33-58(62)83-60,44-17-25-48(26-18-44)81-66(87)54(75)11-3-7-39-71)45-19-27-49(28-20-45)82-67(88)55(76)12-4-8-40-72/h13-36,41,52-55,60,78,83H,1-12,37-40,69-76H2,(H,79,85)(H,80,86)(H,81,87)(H,82,88)/b50-41-,62-58-,63-59-/t52-,53-,54-,55-,60?/m0/s1. The number of nitrogens with one attached hydrogen (secondary N) is 6. The maximum Gasteiger partial charge on any atom is 0.241 e. The first kappa shape index (κ1) is 63.8. The summed E-state index contributed by atoms with van der Waals surface area (Å²) in [6.45, 7) is 2.09. The second kappa shape index (κ2) is 30.3. The van der Waals surface area contributed by atoms with E-state index in [2.05, 4.69) is 43.7 Å². The zero-order valence-corrected chi connectivity index (χ0v) is 49.8. The lowest BCUT2D eigenvalue weighted by Crippen LogP contribution is -2.51. The van der Waals surface area contributed by atoms with Crippen LogP contribution in [0.5, 0.6) is 0 Å². The number of anilines is 4. The van der Waals surface area contributed by atoms with Crippen LogP contribution in [0.3, 0.4) is 0 Å². The van der Waals surface area contributed by atoms with Crippen LogP contribution in [0.1, 0.15) is 111 Å². The Balaban J connectivity index is 1.21. The summed E-state index contributed by atoms with van der Waals surface area (Å²) in [6.07, 6.45) is 22.2. The highest BCUT2D eigenvalue weighted by Crippen LogP contribution is 2.45. The molecule has 88 heavy (non-hydrogen) atoms. The van der Waals surface area contributed by atoms with Gasteiger partial charge in [-0.25, -0.2) is 4.99 Å². The van der Waals surface area contributed by atoms with E-state index in [0.29, 0.717) is 97.4 Å². The molecule has 4 amide bonds. The Morgan fingerprint density at radius 1 is 0.466 bits per heavy atom. The van der Waals surface area contributed by atoms with Gasteiger partial charge in [0.25, 0.3) is 0 Å². The smallest absolute Gasteiger partial charge is 0.241 e. The van der Waals surface area contributed by atoms with Gasteiger partial charge in [0, 0.05) is 51.0 Å². The maximum atomic E-state index is 13.5. The predicted molar refractivity (Wildman–Crippen MR) is 356 cm³/mol. The van der Waals surface area contributed by atoms with Crippen molar-refractivity contribution in [3.63, 3.8) is 0 Å². The van der Waals surface area contributed by atoms with Crippen molar-refractivity contribution in [1.29, 1.82) is 0 Å². The molecule has 0 saturated carbocycles. The minimum atomic E-state index is -1.18. The van der Waals surface area contributed by atoms with E-state index in [1.807, 2.05) is 140 Å². The van der Waals surface area contributed by atoms with E-state index in [0.717, 1.165) is 102 Å². The van der Waals surface area contributed by atoms with Crippen molar-refractivity contribution in [2.24, 2.45) is 55.9 Å². The molecule has 5 aromatic rings. The van der Waals surface area contributed by atoms with Crippen LogP contribution in [0, 0.1) is 0 Å². The molecule has 0 saturated heterocycles. The monoisotopic (exact) mass is 1190 g/mol. The van der Waals surface area contributed by atoms with Crippen molar-refractivity contribution in [2.45, 2.75) is 113 Å². The van der Waals surface area contributed by atoms with Crippen LogP contribution in [0.4, 0.5) is 22.7 Å². The number of carbonyl (C=O) groups excluding carboxylic acids is 4. The molecule has 4 aliphatic heterocycles. The van der Waals surface area contributed by atoms with Crippen LogP contribution in [0.15, 0.2) is 173 Å². The van der Waals surface area contributed by atoms with E-state index >= 15 is 0 Å². The van der Waals surface area contributed by atoms with Gasteiger partial charge in [-0.3, -0.25) is 24.2 Å². The average Bonchev–Trinajstić information content (AvgIpc) is 1.46. The number of carbonyl (C=O) groups is 4. The minimum Gasteiger partial charge on any atom is -0.377 e. The number of aliphatic imine (C=N–C) groups is 2. The van der Waals surface area contributed by atoms with Gasteiger partial charge in [0.15, 0.2) is 0 Å². The highest BCUT2D eigenvalue weighted by atomic mass is 16.2. The van der Waals surface area contributed by atoms with Crippen LogP contribution in [-0.2, 0) is 24.6 Å². The molecule has 0 radical (unpaired) electrons. The Labute approximate surface area is 514 Å². The van der Waals surface area contributed by atoms with Gasteiger partial charge in [-0.15, -0.1) is 0 Å². The molecule has 0 spiro atoms. The molecular formula is C68H84N16O4. The fraction of sp³-hybridized carbons (Fsp3) is 0.324. The Bertz CT molecular complexity index is 3460. The number of unbranched alkanes of at least 4 members (excludes halogenated alkanes) is 4. The third-order valence-electron chi connectivity index (χ3n) is 16.3. The number of fused-ring (bicyclic) bond motifs is 6. The highest BCUT2D eigenvalue weighted by molar-refractivity contribution is 6.32. The van der Waals surface area contributed by atoms with Crippen LogP contribution in [0.2, 0.25) is 0 Å². The topological polar surface area (TPSA) is 377 Å². The molecule has 0 aliphatic carbocycles.